The van der Waals surface area contributed by atoms with Crippen molar-refractivity contribution in [1.82, 2.24) is 10.3 Å². The predicted molar refractivity (Wildman–Crippen MR) is 109 cm³/mol. The first-order chi connectivity index (χ1) is 11.8. The molecule has 1 amide bonds. The van der Waals surface area contributed by atoms with Crippen LogP contribution in [0.25, 0.3) is 0 Å². The number of carbonyl (C=O) groups excluding carboxylic acids is 1. The Morgan fingerprint density at radius 3 is 2.31 bits per heavy atom. The number of piperidine rings is 1. The summed E-state index contributed by atoms with van der Waals surface area (Å²) in [7, 11) is 0. The number of amides is 1. The number of nitrogens with one attached hydrogen (secondary N) is 2. The average Bonchev–Trinajstić information content (AvgIpc) is 3.31. The maximum atomic E-state index is 12.5. The van der Waals surface area contributed by atoms with Crippen molar-refractivity contribution in [2.45, 2.75) is 25.7 Å². The van der Waals surface area contributed by atoms with Gasteiger partial charge in [0, 0.05) is 24.0 Å². The number of pyridine rings is 1. The van der Waals surface area contributed by atoms with Gasteiger partial charge in [-0.15, -0.1) is 24.8 Å². The minimum Gasteiger partial charge on any atom is -0.326 e. The number of halogens is 2. The van der Waals surface area contributed by atoms with Crippen molar-refractivity contribution < 1.29 is 4.79 Å². The fraction of sp³-hybridized carbons (Fsp3) is 0.400. The Morgan fingerprint density at radius 2 is 1.65 bits per heavy atom. The number of hydrogen-bond acceptors (Lipinski definition) is 3. The molecule has 26 heavy (non-hydrogen) atoms. The monoisotopic (exact) mass is 393 g/mol. The van der Waals surface area contributed by atoms with Crippen LogP contribution >= 0.6 is 24.8 Å². The Morgan fingerprint density at radius 1 is 1.04 bits per heavy atom. The van der Waals surface area contributed by atoms with E-state index in [4.69, 9.17) is 0 Å². The van der Waals surface area contributed by atoms with Crippen LogP contribution in [0.1, 0.15) is 30.4 Å². The van der Waals surface area contributed by atoms with Gasteiger partial charge in [-0.3, -0.25) is 9.78 Å². The van der Waals surface area contributed by atoms with Crippen LogP contribution in [0.2, 0.25) is 0 Å². The lowest BCUT2D eigenvalue weighted by Gasteiger charge is -2.23. The highest BCUT2D eigenvalue weighted by molar-refractivity contribution is 5.95. The van der Waals surface area contributed by atoms with E-state index in [0.717, 1.165) is 44.5 Å². The molecule has 4 rings (SSSR count). The molecular weight excluding hydrogens is 369 g/mol. The van der Waals surface area contributed by atoms with Crippen LogP contribution in [-0.4, -0.2) is 24.0 Å². The molecule has 2 aliphatic rings. The van der Waals surface area contributed by atoms with Crippen molar-refractivity contribution in [3.63, 3.8) is 0 Å². The lowest BCUT2D eigenvalue weighted by atomic mass is 9.92. The highest BCUT2D eigenvalue weighted by Crippen LogP contribution is 2.58. The number of rotatable bonds is 4. The van der Waals surface area contributed by atoms with Gasteiger partial charge < -0.3 is 10.6 Å². The molecule has 1 aliphatic carbocycles. The van der Waals surface area contributed by atoms with Gasteiger partial charge in [-0.25, -0.2) is 0 Å². The lowest BCUT2D eigenvalue weighted by Crippen LogP contribution is -2.31. The SMILES string of the molecule is Cl.Cl.O=C(Nc1ccc(Cc2ccncc2)cc1)C1CC12CCNCC2. The minimum atomic E-state index is 0. The number of nitrogens with zero attached hydrogens (tertiary/aromatic N) is 1. The summed E-state index contributed by atoms with van der Waals surface area (Å²) in [6.45, 7) is 2.10. The molecule has 0 radical (unpaired) electrons. The molecule has 1 atom stereocenters. The highest BCUT2D eigenvalue weighted by atomic mass is 35.5. The summed E-state index contributed by atoms with van der Waals surface area (Å²) in [5.74, 6) is 0.398. The van der Waals surface area contributed by atoms with Crippen molar-refractivity contribution in [2.75, 3.05) is 18.4 Å². The van der Waals surface area contributed by atoms with Crippen LogP contribution in [0.15, 0.2) is 48.8 Å². The molecule has 2 aromatic rings. The molecule has 140 valence electrons. The second kappa shape index (κ2) is 8.85. The predicted octanol–water partition coefficient (Wildman–Crippen LogP) is 3.84. The van der Waals surface area contributed by atoms with Gasteiger partial charge >= 0.3 is 0 Å². The van der Waals surface area contributed by atoms with Gasteiger partial charge in [0.2, 0.25) is 5.91 Å². The second-order valence-corrected chi connectivity index (χ2v) is 7.09. The van der Waals surface area contributed by atoms with Gasteiger partial charge in [-0.2, -0.15) is 0 Å². The third kappa shape index (κ3) is 4.56. The molecule has 2 N–H and O–H groups in total. The summed E-state index contributed by atoms with van der Waals surface area (Å²) in [5, 5.41) is 6.48. The molecule has 2 fully saturated rings. The first-order valence-electron chi connectivity index (χ1n) is 8.75. The van der Waals surface area contributed by atoms with E-state index in [1.54, 1.807) is 0 Å². The van der Waals surface area contributed by atoms with Crippen LogP contribution in [-0.2, 0) is 11.2 Å². The Labute approximate surface area is 167 Å². The third-order valence-corrected chi connectivity index (χ3v) is 5.48. The maximum Gasteiger partial charge on any atom is 0.228 e. The Balaban J connectivity index is 0.00000121. The van der Waals surface area contributed by atoms with Crippen molar-refractivity contribution in [3.05, 3.63) is 59.9 Å². The zero-order chi connectivity index (χ0) is 16.4. The average molecular weight is 394 g/mol. The van der Waals surface area contributed by atoms with Crippen molar-refractivity contribution in [3.8, 4) is 0 Å². The Bertz CT molecular complexity index is 716. The van der Waals surface area contributed by atoms with Gasteiger partial charge in [0.25, 0.3) is 0 Å². The number of hydrogen-bond donors (Lipinski definition) is 2. The van der Waals surface area contributed by atoms with E-state index < -0.39 is 0 Å². The summed E-state index contributed by atoms with van der Waals surface area (Å²) in [4.78, 5) is 16.5. The molecular formula is C20H25Cl2N3O. The van der Waals surface area contributed by atoms with Gasteiger partial charge in [-0.1, -0.05) is 12.1 Å². The van der Waals surface area contributed by atoms with Crippen molar-refractivity contribution in [1.29, 1.82) is 0 Å². The van der Waals surface area contributed by atoms with Crippen LogP contribution in [0.4, 0.5) is 5.69 Å². The number of anilines is 1. The minimum absolute atomic E-state index is 0. The summed E-state index contributed by atoms with van der Waals surface area (Å²) < 4.78 is 0. The first-order valence-corrected chi connectivity index (χ1v) is 8.75. The molecule has 4 nitrogen and oxygen atoms in total. The molecule has 1 aromatic heterocycles. The summed E-state index contributed by atoms with van der Waals surface area (Å²) >= 11 is 0. The first kappa shape index (κ1) is 20.7. The standard InChI is InChI=1S/C20H23N3O.2ClH/c24-19(18-14-20(18)7-11-22-12-8-20)23-17-3-1-15(2-4-17)13-16-5-9-21-10-6-16;;/h1-6,9-10,18,22H,7-8,11-14H2,(H,23,24);2*1H. The number of carbonyl (C=O) groups is 1. The second-order valence-electron chi connectivity index (χ2n) is 7.09. The Kier molecular flexibility index (Phi) is 7.04. The molecule has 1 spiro atoms. The van der Waals surface area contributed by atoms with E-state index in [2.05, 4.69) is 27.8 Å². The van der Waals surface area contributed by atoms with Crippen molar-refractivity contribution >= 4 is 36.4 Å². The highest BCUT2D eigenvalue weighted by Gasteiger charge is 2.57. The van der Waals surface area contributed by atoms with Gasteiger partial charge in [-0.05, 0) is 79.6 Å². The maximum absolute atomic E-state index is 12.5. The van der Waals surface area contributed by atoms with Crippen LogP contribution in [0.3, 0.4) is 0 Å². The van der Waals surface area contributed by atoms with E-state index in [1.807, 2.05) is 36.7 Å². The van der Waals surface area contributed by atoms with Gasteiger partial charge in [0.1, 0.15) is 0 Å². The van der Waals surface area contributed by atoms with Gasteiger partial charge in [0.15, 0.2) is 0 Å². The number of aromatic nitrogens is 1. The summed E-state index contributed by atoms with van der Waals surface area (Å²) in [6, 6.07) is 12.2. The molecule has 2 heterocycles. The van der Waals surface area contributed by atoms with E-state index in [0.29, 0.717) is 0 Å². The smallest absolute Gasteiger partial charge is 0.228 e. The van der Waals surface area contributed by atoms with E-state index in [1.165, 1.54) is 11.1 Å². The zero-order valence-electron chi connectivity index (χ0n) is 14.6. The zero-order valence-corrected chi connectivity index (χ0v) is 16.2. The molecule has 6 heteroatoms. The van der Waals surface area contributed by atoms with Gasteiger partial charge in [0.05, 0.1) is 0 Å². The van der Waals surface area contributed by atoms with Crippen LogP contribution in [0.5, 0.6) is 0 Å². The number of benzene rings is 1. The van der Waals surface area contributed by atoms with Crippen molar-refractivity contribution in [2.24, 2.45) is 11.3 Å². The lowest BCUT2D eigenvalue weighted by molar-refractivity contribution is -0.118. The summed E-state index contributed by atoms with van der Waals surface area (Å²) in [5.41, 5.74) is 3.67. The molecule has 1 saturated heterocycles. The largest absolute Gasteiger partial charge is 0.326 e. The normalized spacial score (nSPS) is 19.8. The molecule has 1 aliphatic heterocycles. The Hall–Kier alpha value is -1.62. The molecule has 1 aromatic carbocycles. The van der Waals surface area contributed by atoms with Crippen LogP contribution < -0.4 is 10.6 Å². The topological polar surface area (TPSA) is 54.0 Å². The molecule has 1 saturated carbocycles. The van der Waals surface area contributed by atoms with E-state index in [9.17, 15) is 4.79 Å². The quantitative estimate of drug-likeness (QED) is 0.829. The third-order valence-electron chi connectivity index (χ3n) is 5.48. The molecule has 0 bridgehead atoms. The fourth-order valence-corrected chi connectivity index (χ4v) is 3.87. The van der Waals surface area contributed by atoms with Crippen LogP contribution in [0, 0.1) is 11.3 Å². The fourth-order valence-electron chi connectivity index (χ4n) is 3.87. The summed E-state index contributed by atoms with van der Waals surface area (Å²) in [6.07, 6.45) is 7.84. The van der Waals surface area contributed by atoms with E-state index >= 15 is 0 Å². The van der Waals surface area contributed by atoms with E-state index in [-0.39, 0.29) is 42.1 Å². The molecule has 1 unspecified atom stereocenters.